The molecule has 1 aromatic carbocycles. The Labute approximate surface area is 162 Å². The minimum atomic E-state index is -3.58. The Morgan fingerprint density at radius 3 is 2.19 bits per heavy atom. The van der Waals surface area contributed by atoms with Crippen molar-refractivity contribution in [3.63, 3.8) is 0 Å². The van der Waals surface area contributed by atoms with E-state index in [4.69, 9.17) is 10.5 Å². The lowest BCUT2D eigenvalue weighted by atomic mass is 9.93. The van der Waals surface area contributed by atoms with E-state index in [1.165, 1.54) is 24.3 Å². The average molecular weight is 427 g/mol. The molecule has 0 aromatic heterocycles. The molecule has 10 heteroatoms. The first-order valence-electron chi connectivity index (χ1n) is 8.43. The number of hydrogen-bond donors (Lipinski definition) is 2. The normalized spacial score (nSPS) is 21.0. The molecule has 0 heterocycles. The molecule has 0 spiro atoms. The Kier molecular flexibility index (Phi) is 8.81. The number of halogens is 1. The Morgan fingerprint density at radius 1 is 1.08 bits per heavy atom. The maximum absolute atomic E-state index is 12.4. The van der Waals surface area contributed by atoms with Gasteiger partial charge < -0.3 is 10.5 Å². The van der Waals surface area contributed by atoms with Gasteiger partial charge in [0.05, 0.1) is 10.6 Å². The van der Waals surface area contributed by atoms with Crippen LogP contribution in [0.25, 0.3) is 0 Å². The molecule has 7 nitrogen and oxygen atoms in total. The van der Waals surface area contributed by atoms with E-state index in [9.17, 15) is 16.8 Å². The third kappa shape index (κ3) is 7.03. The lowest BCUT2D eigenvalue weighted by Gasteiger charge is -2.26. The van der Waals surface area contributed by atoms with Crippen molar-refractivity contribution < 1.29 is 21.6 Å². The van der Waals surface area contributed by atoms with E-state index in [2.05, 4.69) is 4.72 Å². The number of benzene rings is 1. The fourth-order valence-corrected chi connectivity index (χ4v) is 4.60. The first kappa shape index (κ1) is 23.2. The fourth-order valence-electron chi connectivity index (χ4n) is 2.67. The summed E-state index contributed by atoms with van der Waals surface area (Å²) in [6.45, 7) is 1.63. The van der Waals surface area contributed by atoms with E-state index in [0.29, 0.717) is 5.75 Å². The van der Waals surface area contributed by atoms with Crippen molar-refractivity contribution in [1.82, 2.24) is 4.72 Å². The maximum Gasteiger partial charge on any atom is 0.240 e. The SMILES string of the molecule is CCS(=O)(=O)CCOc1ccc(S(=O)(=O)NC2CCC(N)CC2)cc1.Cl. The van der Waals surface area contributed by atoms with Crippen LogP contribution < -0.4 is 15.2 Å². The fraction of sp³-hybridized carbons (Fsp3) is 0.625. The van der Waals surface area contributed by atoms with Crippen LogP contribution in [0.1, 0.15) is 32.6 Å². The summed E-state index contributed by atoms with van der Waals surface area (Å²) in [6, 6.07) is 6.06. The highest BCUT2D eigenvalue weighted by Gasteiger charge is 2.24. The zero-order valence-corrected chi connectivity index (χ0v) is 17.2. The van der Waals surface area contributed by atoms with Crippen LogP contribution in [0, 0.1) is 0 Å². The third-order valence-corrected chi connectivity index (χ3v) is 7.54. The second kappa shape index (κ2) is 9.89. The molecule has 0 aliphatic heterocycles. The van der Waals surface area contributed by atoms with Crippen molar-refractivity contribution in [1.29, 1.82) is 0 Å². The van der Waals surface area contributed by atoms with Crippen molar-refractivity contribution in [2.45, 2.75) is 49.6 Å². The zero-order chi connectivity index (χ0) is 18.5. The molecular weight excluding hydrogens is 400 g/mol. The Bertz CT molecular complexity index is 758. The van der Waals surface area contributed by atoms with Crippen LogP contribution in [0.15, 0.2) is 29.2 Å². The van der Waals surface area contributed by atoms with Crippen molar-refractivity contribution >= 4 is 32.3 Å². The highest BCUT2D eigenvalue weighted by atomic mass is 35.5. The van der Waals surface area contributed by atoms with Gasteiger partial charge in [-0.1, -0.05) is 6.92 Å². The van der Waals surface area contributed by atoms with Crippen LogP contribution in [-0.2, 0) is 19.9 Å². The van der Waals surface area contributed by atoms with Crippen LogP contribution in [0.2, 0.25) is 0 Å². The number of rotatable bonds is 8. The van der Waals surface area contributed by atoms with E-state index in [1.807, 2.05) is 0 Å². The van der Waals surface area contributed by atoms with Gasteiger partial charge in [0, 0.05) is 17.8 Å². The molecule has 0 atom stereocenters. The van der Waals surface area contributed by atoms with Crippen LogP contribution in [0.3, 0.4) is 0 Å². The van der Waals surface area contributed by atoms with Crippen molar-refractivity contribution in [2.75, 3.05) is 18.1 Å². The highest BCUT2D eigenvalue weighted by Crippen LogP contribution is 2.21. The minimum absolute atomic E-state index is 0. The zero-order valence-electron chi connectivity index (χ0n) is 14.8. The number of sulfonamides is 1. The summed E-state index contributed by atoms with van der Waals surface area (Å²) in [5.41, 5.74) is 5.84. The number of ether oxygens (including phenoxy) is 1. The predicted molar refractivity (Wildman–Crippen MR) is 104 cm³/mol. The summed E-state index contributed by atoms with van der Waals surface area (Å²) in [4.78, 5) is 0.163. The first-order chi connectivity index (χ1) is 11.7. The van der Waals surface area contributed by atoms with Gasteiger partial charge in [-0.2, -0.15) is 0 Å². The van der Waals surface area contributed by atoms with Crippen LogP contribution in [0.5, 0.6) is 5.75 Å². The topological polar surface area (TPSA) is 116 Å². The summed E-state index contributed by atoms with van der Waals surface area (Å²) >= 11 is 0. The van der Waals surface area contributed by atoms with Crippen LogP contribution in [0.4, 0.5) is 0 Å². The predicted octanol–water partition coefficient (Wildman–Crippen LogP) is 1.47. The largest absolute Gasteiger partial charge is 0.493 e. The monoisotopic (exact) mass is 426 g/mol. The van der Waals surface area contributed by atoms with Gasteiger partial charge in [0.15, 0.2) is 9.84 Å². The molecule has 0 radical (unpaired) electrons. The standard InChI is InChI=1S/C16H26N2O5S2.ClH/c1-2-24(19,20)12-11-23-15-7-9-16(10-8-15)25(21,22)18-14-5-3-13(17)4-6-14;/h7-10,13-14,18H,2-6,11-12,17H2,1H3;1H. The molecule has 1 fully saturated rings. The molecule has 0 saturated heterocycles. The molecule has 150 valence electrons. The molecule has 0 bridgehead atoms. The van der Waals surface area contributed by atoms with E-state index in [1.54, 1.807) is 6.92 Å². The van der Waals surface area contributed by atoms with Gasteiger partial charge in [0.1, 0.15) is 12.4 Å². The smallest absolute Gasteiger partial charge is 0.240 e. The van der Waals surface area contributed by atoms with Gasteiger partial charge in [-0.15, -0.1) is 12.4 Å². The number of nitrogens with two attached hydrogens (primary N) is 1. The summed E-state index contributed by atoms with van der Waals surface area (Å²) in [5, 5.41) is 0. The van der Waals surface area contributed by atoms with Gasteiger partial charge in [0.2, 0.25) is 10.0 Å². The molecule has 3 N–H and O–H groups in total. The lowest BCUT2D eigenvalue weighted by Crippen LogP contribution is -2.40. The van der Waals surface area contributed by atoms with E-state index < -0.39 is 19.9 Å². The molecule has 1 aliphatic carbocycles. The van der Waals surface area contributed by atoms with Crippen molar-refractivity contribution in [2.24, 2.45) is 5.73 Å². The van der Waals surface area contributed by atoms with E-state index in [0.717, 1.165) is 25.7 Å². The molecule has 1 saturated carbocycles. The summed E-state index contributed by atoms with van der Waals surface area (Å²) < 4.78 is 55.7. The quantitative estimate of drug-likeness (QED) is 0.650. The highest BCUT2D eigenvalue weighted by molar-refractivity contribution is 7.91. The molecular formula is C16H27ClN2O5S2. The molecule has 0 amide bonds. The van der Waals surface area contributed by atoms with Gasteiger partial charge in [-0.05, 0) is 49.9 Å². The van der Waals surface area contributed by atoms with Gasteiger partial charge in [0.25, 0.3) is 0 Å². The van der Waals surface area contributed by atoms with Crippen LogP contribution >= 0.6 is 12.4 Å². The number of hydrogen-bond acceptors (Lipinski definition) is 6. The van der Waals surface area contributed by atoms with Crippen molar-refractivity contribution in [3.05, 3.63) is 24.3 Å². The Morgan fingerprint density at radius 2 is 1.65 bits per heavy atom. The molecule has 1 aromatic rings. The second-order valence-corrected chi connectivity index (χ2v) is 10.5. The van der Waals surface area contributed by atoms with Gasteiger partial charge in [-0.25, -0.2) is 21.6 Å². The van der Waals surface area contributed by atoms with Crippen LogP contribution in [-0.4, -0.2) is 47.0 Å². The molecule has 1 aliphatic rings. The minimum Gasteiger partial charge on any atom is -0.493 e. The molecule has 0 unspecified atom stereocenters. The number of sulfone groups is 1. The van der Waals surface area contributed by atoms with Gasteiger partial charge >= 0.3 is 0 Å². The molecule has 2 rings (SSSR count). The number of nitrogens with one attached hydrogen (secondary N) is 1. The summed E-state index contributed by atoms with van der Waals surface area (Å²) in [5.74, 6) is 0.453. The summed E-state index contributed by atoms with van der Waals surface area (Å²) in [7, 11) is -6.67. The third-order valence-electron chi connectivity index (χ3n) is 4.33. The Hall–Kier alpha value is -0.870. The Balaban J connectivity index is 0.00000338. The van der Waals surface area contributed by atoms with E-state index in [-0.39, 0.29) is 47.5 Å². The summed E-state index contributed by atoms with van der Waals surface area (Å²) in [6.07, 6.45) is 3.13. The van der Waals surface area contributed by atoms with Gasteiger partial charge in [-0.3, -0.25) is 0 Å². The molecule has 26 heavy (non-hydrogen) atoms. The van der Waals surface area contributed by atoms with Crippen molar-refractivity contribution in [3.8, 4) is 5.75 Å². The first-order valence-corrected chi connectivity index (χ1v) is 11.7. The lowest BCUT2D eigenvalue weighted by molar-refractivity contribution is 0.340. The van der Waals surface area contributed by atoms with E-state index >= 15 is 0 Å². The average Bonchev–Trinajstić information content (AvgIpc) is 2.57. The second-order valence-electron chi connectivity index (χ2n) is 6.29. The maximum atomic E-state index is 12.4.